The third-order valence-corrected chi connectivity index (χ3v) is 4.73. The molecule has 0 aliphatic rings. The van der Waals surface area contributed by atoms with Crippen LogP contribution in [0.3, 0.4) is 0 Å². The molecule has 0 bridgehead atoms. The fourth-order valence-corrected chi connectivity index (χ4v) is 3.44. The van der Waals surface area contributed by atoms with Crippen LogP contribution in [0.15, 0.2) is 42.5 Å². The van der Waals surface area contributed by atoms with Gasteiger partial charge in [0.1, 0.15) is 0 Å². The van der Waals surface area contributed by atoms with Gasteiger partial charge in [0.25, 0.3) is 0 Å². The van der Waals surface area contributed by atoms with Gasteiger partial charge in [0.2, 0.25) is 0 Å². The number of benzene rings is 3. The molecule has 0 aliphatic heterocycles. The third kappa shape index (κ3) is 2.79. The van der Waals surface area contributed by atoms with Gasteiger partial charge in [0.05, 0.1) is 13.0 Å². The Morgan fingerprint density at radius 1 is 1.09 bits per heavy atom. The van der Waals surface area contributed by atoms with E-state index in [0.717, 1.165) is 5.39 Å². The van der Waals surface area contributed by atoms with Crippen molar-refractivity contribution >= 4 is 39.1 Å². The van der Waals surface area contributed by atoms with Crippen molar-refractivity contribution in [2.75, 3.05) is 7.11 Å². The lowest BCUT2D eigenvalue weighted by atomic mass is 9.88. The van der Waals surface area contributed by atoms with E-state index in [0.29, 0.717) is 11.4 Å². The van der Waals surface area contributed by atoms with Crippen molar-refractivity contribution in [2.24, 2.45) is 5.92 Å². The minimum Gasteiger partial charge on any atom is -0.469 e. The van der Waals surface area contributed by atoms with Crippen LogP contribution in [-0.4, -0.2) is 13.1 Å². The van der Waals surface area contributed by atoms with Gasteiger partial charge in [-0.15, -0.1) is 0 Å². The Bertz CT molecular complexity index is 899. The van der Waals surface area contributed by atoms with Gasteiger partial charge in [-0.3, -0.25) is 4.79 Å². The highest BCUT2D eigenvalue weighted by Gasteiger charge is 2.18. The van der Waals surface area contributed by atoms with E-state index in [4.69, 9.17) is 16.3 Å². The van der Waals surface area contributed by atoms with Crippen LogP contribution < -0.4 is 0 Å². The molecule has 0 spiro atoms. The van der Waals surface area contributed by atoms with Crippen molar-refractivity contribution in [2.45, 2.75) is 20.3 Å². The molecule has 0 saturated carbocycles. The fourth-order valence-electron chi connectivity index (χ4n) is 3.26. The van der Waals surface area contributed by atoms with Crippen molar-refractivity contribution in [3.8, 4) is 0 Å². The molecule has 3 aromatic carbocycles. The summed E-state index contributed by atoms with van der Waals surface area (Å²) in [6, 6.07) is 14.3. The summed E-state index contributed by atoms with van der Waals surface area (Å²) in [4.78, 5) is 11.8. The van der Waals surface area contributed by atoms with Crippen LogP contribution in [0.1, 0.15) is 18.1 Å². The van der Waals surface area contributed by atoms with E-state index in [-0.39, 0.29) is 11.9 Å². The molecule has 1 atom stereocenters. The summed E-state index contributed by atoms with van der Waals surface area (Å²) in [7, 11) is 1.43. The Labute approximate surface area is 141 Å². The number of methoxy groups -OCH3 is 1. The lowest BCUT2D eigenvalue weighted by molar-refractivity contribution is -0.144. The molecule has 0 saturated heterocycles. The van der Waals surface area contributed by atoms with Gasteiger partial charge < -0.3 is 4.74 Å². The second kappa shape index (κ2) is 6.21. The van der Waals surface area contributed by atoms with E-state index in [1.807, 2.05) is 31.2 Å². The van der Waals surface area contributed by atoms with E-state index in [9.17, 15) is 4.79 Å². The zero-order valence-corrected chi connectivity index (χ0v) is 14.3. The Morgan fingerprint density at radius 3 is 2.43 bits per heavy atom. The molecule has 0 aromatic heterocycles. The van der Waals surface area contributed by atoms with Crippen LogP contribution in [0.25, 0.3) is 21.5 Å². The molecule has 0 heterocycles. The van der Waals surface area contributed by atoms with Gasteiger partial charge in [-0.2, -0.15) is 0 Å². The van der Waals surface area contributed by atoms with Gasteiger partial charge in [-0.05, 0) is 58.1 Å². The first kappa shape index (κ1) is 15.8. The van der Waals surface area contributed by atoms with Crippen LogP contribution >= 0.6 is 11.6 Å². The predicted molar refractivity (Wildman–Crippen MR) is 96.1 cm³/mol. The van der Waals surface area contributed by atoms with Crippen molar-refractivity contribution in [1.82, 2.24) is 0 Å². The predicted octanol–water partition coefficient (Wildman–Crippen LogP) is 5.31. The van der Waals surface area contributed by atoms with Crippen LogP contribution in [0, 0.1) is 12.8 Å². The first-order valence-corrected chi connectivity index (χ1v) is 8.08. The maximum absolute atomic E-state index is 11.8. The van der Waals surface area contributed by atoms with Crippen molar-refractivity contribution in [3.63, 3.8) is 0 Å². The number of rotatable bonds is 3. The summed E-state index contributed by atoms with van der Waals surface area (Å²) in [5.74, 6) is -0.380. The molecular formula is C20H19ClO2. The van der Waals surface area contributed by atoms with Gasteiger partial charge in [-0.1, -0.05) is 48.9 Å². The second-order valence-corrected chi connectivity index (χ2v) is 6.40. The van der Waals surface area contributed by atoms with Gasteiger partial charge >= 0.3 is 5.97 Å². The monoisotopic (exact) mass is 326 g/mol. The summed E-state index contributed by atoms with van der Waals surface area (Å²) in [6.45, 7) is 4.01. The Balaban J connectivity index is 2.31. The smallest absolute Gasteiger partial charge is 0.308 e. The van der Waals surface area contributed by atoms with Gasteiger partial charge in [0.15, 0.2) is 0 Å². The van der Waals surface area contributed by atoms with Crippen molar-refractivity contribution in [1.29, 1.82) is 0 Å². The summed E-state index contributed by atoms with van der Waals surface area (Å²) >= 11 is 6.23. The molecule has 3 heteroatoms. The number of halogens is 1. The molecular weight excluding hydrogens is 308 g/mol. The molecule has 23 heavy (non-hydrogen) atoms. The number of carbonyl (C=O) groups excluding carboxylic acids is 1. The number of hydrogen-bond donors (Lipinski definition) is 0. The summed E-state index contributed by atoms with van der Waals surface area (Å²) < 4.78 is 4.88. The molecule has 118 valence electrons. The highest BCUT2D eigenvalue weighted by molar-refractivity contribution is 6.31. The molecule has 3 aromatic rings. The van der Waals surface area contributed by atoms with E-state index in [2.05, 4.69) is 25.1 Å². The molecule has 0 amide bonds. The quantitative estimate of drug-likeness (QED) is 0.482. The largest absolute Gasteiger partial charge is 0.469 e. The fraction of sp³-hybridized carbons (Fsp3) is 0.250. The van der Waals surface area contributed by atoms with E-state index in [1.165, 1.54) is 34.4 Å². The summed E-state index contributed by atoms with van der Waals surface area (Å²) in [5, 5.41) is 5.42. The number of esters is 1. The third-order valence-electron chi connectivity index (χ3n) is 4.49. The van der Waals surface area contributed by atoms with E-state index >= 15 is 0 Å². The standard InChI is InChI=1S/C20H19ClO2/c1-12(20(22)23-3)10-18-13(2)15-6-4-5-7-16(15)17-9-8-14(21)11-19(17)18/h4-9,11-12H,10H2,1-3H3. The number of ether oxygens (including phenoxy) is 1. The molecule has 0 N–H and O–H groups in total. The minimum absolute atomic E-state index is 0.187. The highest BCUT2D eigenvalue weighted by atomic mass is 35.5. The number of carbonyl (C=O) groups is 1. The van der Waals surface area contributed by atoms with Crippen LogP contribution in [0.4, 0.5) is 0 Å². The molecule has 0 fully saturated rings. The summed E-state index contributed by atoms with van der Waals surface area (Å²) in [6.07, 6.45) is 0.639. The topological polar surface area (TPSA) is 26.3 Å². The zero-order chi connectivity index (χ0) is 16.6. The average molecular weight is 327 g/mol. The zero-order valence-electron chi connectivity index (χ0n) is 13.5. The van der Waals surface area contributed by atoms with Crippen molar-refractivity contribution in [3.05, 3.63) is 58.6 Å². The average Bonchev–Trinajstić information content (AvgIpc) is 2.57. The Hall–Kier alpha value is -2.06. The van der Waals surface area contributed by atoms with Crippen molar-refractivity contribution < 1.29 is 9.53 Å². The molecule has 0 aliphatic carbocycles. The Morgan fingerprint density at radius 2 is 1.74 bits per heavy atom. The van der Waals surface area contributed by atoms with Crippen LogP contribution in [0.2, 0.25) is 5.02 Å². The van der Waals surface area contributed by atoms with E-state index < -0.39 is 0 Å². The number of hydrogen-bond acceptors (Lipinski definition) is 2. The Kier molecular flexibility index (Phi) is 4.27. The molecule has 0 radical (unpaired) electrons. The normalized spacial score (nSPS) is 12.5. The molecule has 1 unspecified atom stereocenters. The van der Waals surface area contributed by atoms with E-state index in [1.54, 1.807) is 0 Å². The SMILES string of the molecule is COC(=O)C(C)Cc1c(C)c2ccccc2c2ccc(Cl)cc12. The minimum atomic E-state index is -0.193. The number of fused-ring (bicyclic) bond motifs is 3. The first-order valence-electron chi connectivity index (χ1n) is 7.70. The van der Waals surface area contributed by atoms with Crippen LogP contribution in [0.5, 0.6) is 0 Å². The highest BCUT2D eigenvalue weighted by Crippen LogP contribution is 2.35. The lowest BCUT2D eigenvalue weighted by Gasteiger charge is -2.17. The summed E-state index contributed by atoms with van der Waals surface area (Å²) in [5.41, 5.74) is 2.37. The number of aryl methyl sites for hydroxylation is 1. The van der Waals surface area contributed by atoms with Gasteiger partial charge in [0, 0.05) is 5.02 Å². The second-order valence-electron chi connectivity index (χ2n) is 5.97. The maximum atomic E-state index is 11.8. The first-order chi connectivity index (χ1) is 11.0. The molecule has 2 nitrogen and oxygen atoms in total. The lowest BCUT2D eigenvalue weighted by Crippen LogP contribution is -2.16. The maximum Gasteiger partial charge on any atom is 0.308 e. The van der Waals surface area contributed by atoms with Crippen LogP contribution in [-0.2, 0) is 16.0 Å². The van der Waals surface area contributed by atoms with Gasteiger partial charge in [-0.25, -0.2) is 0 Å². The molecule has 3 rings (SSSR count).